The van der Waals surface area contributed by atoms with Gasteiger partial charge in [-0.2, -0.15) is 0 Å². The van der Waals surface area contributed by atoms with Crippen molar-refractivity contribution in [1.29, 1.82) is 5.41 Å². The lowest BCUT2D eigenvalue weighted by atomic mass is 9.65. The van der Waals surface area contributed by atoms with Gasteiger partial charge in [0.05, 0.1) is 0 Å². The quantitative estimate of drug-likeness (QED) is 0.546. The Labute approximate surface area is 204 Å². The minimum Gasteiger partial charge on any atom is -0.356 e. The van der Waals surface area contributed by atoms with Crippen LogP contribution in [0.1, 0.15) is 58.8 Å². The van der Waals surface area contributed by atoms with E-state index in [-0.39, 0.29) is 11.8 Å². The van der Waals surface area contributed by atoms with Crippen LogP contribution in [0.3, 0.4) is 0 Å². The van der Waals surface area contributed by atoms with E-state index in [4.69, 9.17) is 17.0 Å². The first-order chi connectivity index (χ1) is 15.8. The summed E-state index contributed by atoms with van der Waals surface area (Å²) in [4.78, 5) is 13.4. The fourth-order valence-electron chi connectivity index (χ4n) is 6.93. The number of amides is 1. The van der Waals surface area contributed by atoms with Crippen molar-refractivity contribution in [3.05, 3.63) is 18.0 Å². The van der Waals surface area contributed by atoms with Crippen LogP contribution in [0.25, 0.3) is 0 Å². The molecular weight excluding hydrogens is 434 g/mol. The number of nitrogens with zero attached hydrogens (tertiary/aromatic N) is 2. The van der Waals surface area contributed by atoms with Gasteiger partial charge in [0, 0.05) is 43.8 Å². The number of imidazole rings is 1. The minimum atomic E-state index is 0.0936. The monoisotopic (exact) mass is 477 g/mol. The van der Waals surface area contributed by atoms with Crippen molar-refractivity contribution in [3.8, 4) is 0 Å². The van der Waals surface area contributed by atoms with Crippen LogP contribution >= 0.6 is 11.6 Å². The van der Waals surface area contributed by atoms with Crippen LogP contribution in [0.2, 0.25) is 0 Å². The van der Waals surface area contributed by atoms with E-state index in [1.54, 1.807) is 0 Å². The number of halogens is 1. The van der Waals surface area contributed by atoms with Crippen molar-refractivity contribution in [2.75, 3.05) is 19.6 Å². The predicted octanol–water partition coefficient (Wildman–Crippen LogP) is 3.74. The molecule has 6 nitrogen and oxygen atoms in total. The Morgan fingerprint density at radius 1 is 1.12 bits per heavy atom. The van der Waals surface area contributed by atoms with Gasteiger partial charge in [-0.25, -0.2) is 0 Å². The van der Waals surface area contributed by atoms with Crippen molar-refractivity contribution >= 4 is 17.5 Å². The van der Waals surface area contributed by atoms with Crippen LogP contribution < -0.4 is 16.3 Å². The molecule has 1 aliphatic heterocycles. The Hall–Kier alpha value is -1.27. The average Bonchev–Trinajstić information content (AvgIpc) is 3.12. The van der Waals surface area contributed by atoms with Gasteiger partial charge in [-0.1, -0.05) is 13.8 Å². The van der Waals surface area contributed by atoms with E-state index < -0.39 is 0 Å². The number of carbonyl (C=O) groups is 1. The highest BCUT2D eigenvalue weighted by atomic mass is 35.5. The lowest BCUT2D eigenvalue weighted by molar-refractivity contribution is -0.128. The molecule has 4 rings (SSSR count). The van der Waals surface area contributed by atoms with Crippen LogP contribution in [0, 0.1) is 46.8 Å². The summed E-state index contributed by atoms with van der Waals surface area (Å²) in [5.74, 6) is 3.85. The van der Waals surface area contributed by atoms with E-state index in [0.717, 1.165) is 58.3 Å². The molecule has 2 aliphatic carbocycles. The number of hydrogen-bond acceptors (Lipinski definition) is 3. The van der Waals surface area contributed by atoms with Crippen molar-refractivity contribution in [2.24, 2.45) is 48.5 Å². The smallest absolute Gasteiger partial charge is 0.223 e. The summed E-state index contributed by atoms with van der Waals surface area (Å²) in [5.41, 5.74) is 0.539. The molecule has 7 heteroatoms. The number of nitrogens with one attached hydrogen (secondary N) is 3. The summed E-state index contributed by atoms with van der Waals surface area (Å²) < 4.78 is 3.91. The molecule has 1 amide bonds. The molecule has 3 fully saturated rings. The van der Waals surface area contributed by atoms with Gasteiger partial charge in [0.1, 0.15) is 0 Å². The minimum absolute atomic E-state index is 0.0936. The lowest BCUT2D eigenvalue weighted by Gasteiger charge is -2.42. The van der Waals surface area contributed by atoms with Crippen LogP contribution in [-0.4, -0.2) is 40.1 Å². The summed E-state index contributed by atoms with van der Waals surface area (Å²) in [5, 5.41) is 15.5. The van der Waals surface area contributed by atoms with Gasteiger partial charge in [-0.3, -0.25) is 10.2 Å². The van der Waals surface area contributed by atoms with E-state index in [0.29, 0.717) is 46.5 Å². The van der Waals surface area contributed by atoms with Gasteiger partial charge in [0.2, 0.25) is 11.5 Å². The number of hydrogen-bond donors (Lipinski definition) is 3. The summed E-state index contributed by atoms with van der Waals surface area (Å²) in [6, 6.07) is 0. The Morgan fingerprint density at radius 2 is 1.94 bits per heavy atom. The van der Waals surface area contributed by atoms with E-state index in [2.05, 4.69) is 29.0 Å². The third kappa shape index (κ3) is 6.05. The van der Waals surface area contributed by atoms with E-state index in [1.807, 2.05) is 24.0 Å². The molecule has 0 radical (unpaired) electrons. The molecule has 186 valence electrons. The number of aryl methyl sites for hydroxylation is 1. The van der Waals surface area contributed by atoms with Gasteiger partial charge in [0.15, 0.2) is 0 Å². The van der Waals surface area contributed by atoms with Gasteiger partial charge < -0.3 is 19.8 Å². The summed E-state index contributed by atoms with van der Waals surface area (Å²) in [6.07, 6.45) is 11.6. The van der Waals surface area contributed by atoms with E-state index in [1.165, 1.54) is 12.8 Å². The third-order valence-electron chi connectivity index (χ3n) is 8.94. The zero-order valence-electron chi connectivity index (χ0n) is 20.7. The molecule has 0 bridgehead atoms. The highest BCUT2D eigenvalue weighted by Crippen LogP contribution is 2.42. The molecule has 0 spiro atoms. The fraction of sp³-hybridized carbons (Fsp3) is 0.846. The summed E-state index contributed by atoms with van der Waals surface area (Å²) in [7, 11) is 1.92. The second kappa shape index (κ2) is 11.0. The SMILES string of the molecule is CC1CC(CNC(=O)C2CC(Cn3ccn(C)c3=N)CC(C3CCNCC3C)C2)CCC1Cl. The molecule has 33 heavy (non-hydrogen) atoms. The third-order valence-corrected chi connectivity index (χ3v) is 9.59. The molecule has 1 saturated heterocycles. The molecule has 3 aliphatic rings. The normalized spacial score (nSPS) is 37.6. The molecule has 1 aromatic rings. The maximum atomic E-state index is 13.4. The molecular formula is C26H44ClN5O. The molecule has 3 N–H and O–H groups in total. The summed E-state index contributed by atoms with van der Waals surface area (Å²) >= 11 is 6.40. The zero-order chi connectivity index (χ0) is 23.5. The van der Waals surface area contributed by atoms with E-state index >= 15 is 0 Å². The number of rotatable bonds is 6. The standard InChI is InChI=1S/C26H44ClN5O/c1-17-10-19(4-5-24(17)27)15-30-25(33)22-12-20(16-32-9-8-31(3)26(32)28)11-21(13-22)23-6-7-29-14-18(23)2/h8-9,17-24,28-29H,4-7,10-16H2,1-3H3,(H,30,33). The van der Waals surface area contributed by atoms with Gasteiger partial charge >= 0.3 is 0 Å². The number of alkyl halides is 1. The largest absolute Gasteiger partial charge is 0.356 e. The highest BCUT2D eigenvalue weighted by Gasteiger charge is 2.39. The molecule has 8 atom stereocenters. The first-order valence-corrected chi connectivity index (χ1v) is 13.6. The Kier molecular flexibility index (Phi) is 8.27. The number of aromatic nitrogens is 2. The maximum Gasteiger partial charge on any atom is 0.223 e. The number of piperidine rings is 1. The Morgan fingerprint density at radius 3 is 2.64 bits per heavy atom. The predicted molar refractivity (Wildman–Crippen MR) is 133 cm³/mol. The molecule has 8 unspecified atom stereocenters. The van der Waals surface area contributed by atoms with E-state index in [9.17, 15) is 4.79 Å². The fourth-order valence-corrected chi connectivity index (χ4v) is 7.16. The molecule has 1 aromatic heterocycles. The summed E-state index contributed by atoms with van der Waals surface area (Å²) in [6.45, 7) is 8.44. The van der Waals surface area contributed by atoms with Gasteiger partial charge in [0.25, 0.3) is 0 Å². The van der Waals surface area contributed by atoms with Gasteiger partial charge in [-0.15, -0.1) is 11.6 Å². The van der Waals surface area contributed by atoms with Crippen molar-refractivity contribution in [2.45, 2.75) is 70.7 Å². The second-order valence-corrected chi connectivity index (χ2v) is 12.0. The highest BCUT2D eigenvalue weighted by molar-refractivity contribution is 6.20. The molecule has 2 saturated carbocycles. The lowest BCUT2D eigenvalue weighted by Crippen LogP contribution is -2.44. The van der Waals surface area contributed by atoms with Crippen LogP contribution in [0.5, 0.6) is 0 Å². The first kappa shape index (κ1) is 24.8. The topological polar surface area (TPSA) is 74.8 Å². The average molecular weight is 478 g/mol. The maximum absolute atomic E-state index is 13.4. The Bertz CT molecular complexity index is 850. The van der Waals surface area contributed by atoms with Crippen molar-refractivity contribution in [3.63, 3.8) is 0 Å². The van der Waals surface area contributed by atoms with Crippen LogP contribution in [-0.2, 0) is 18.4 Å². The Balaban J connectivity index is 1.41. The number of carbonyl (C=O) groups excluding carboxylic acids is 1. The van der Waals surface area contributed by atoms with Crippen LogP contribution in [0.4, 0.5) is 0 Å². The second-order valence-electron chi connectivity index (χ2n) is 11.5. The van der Waals surface area contributed by atoms with Gasteiger partial charge in [-0.05, 0) is 93.5 Å². The molecule has 0 aromatic carbocycles. The van der Waals surface area contributed by atoms with Crippen molar-refractivity contribution < 1.29 is 4.79 Å². The van der Waals surface area contributed by atoms with Crippen LogP contribution in [0.15, 0.2) is 12.4 Å². The van der Waals surface area contributed by atoms with Crippen molar-refractivity contribution in [1.82, 2.24) is 19.8 Å². The first-order valence-electron chi connectivity index (χ1n) is 13.2. The zero-order valence-corrected chi connectivity index (χ0v) is 21.5. The molecule has 2 heterocycles.